The normalized spacial score (nSPS) is 11.2. The highest BCUT2D eigenvalue weighted by Crippen LogP contribution is 2.28. The minimum atomic E-state index is -0.936. The van der Waals surface area contributed by atoms with E-state index in [1.165, 1.54) is 0 Å². The van der Waals surface area contributed by atoms with Crippen LogP contribution in [0, 0.1) is 0 Å². The zero-order valence-corrected chi connectivity index (χ0v) is 11.6. The lowest BCUT2D eigenvalue weighted by Gasteiger charge is -2.05. The van der Waals surface area contributed by atoms with Gasteiger partial charge in [0.1, 0.15) is 0 Å². The minimum Gasteiger partial charge on any atom is -0.243 e. The van der Waals surface area contributed by atoms with Crippen molar-refractivity contribution < 1.29 is 4.48 Å². The van der Waals surface area contributed by atoms with Crippen molar-refractivity contribution in [2.45, 2.75) is 9.32 Å². The van der Waals surface area contributed by atoms with Crippen LogP contribution >= 0.6 is 46.6 Å². The lowest BCUT2D eigenvalue weighted by Crippen LogP contribution is -2.19. The summed E-state index contributed by atoms with van der Waals surface area (Å²) in [4.78, 5) is 11.3. The number of rotatable bonds is 3. The maximum atomic E-state index is 13.2. The van der Waals surface area contributed by atoms with Gasteiger partial charge in [-0.05, 0) is 40.9 Å². The van der Waals surface area contributed by atoms with E-state index in [9.17, 15) is 9.28 Å². The van der Waals surface area contributed by atoms with Crippen LogP contribution in [-0.2, 0) is 0 Å². The summed E-state index contributed by atoms with van der Waals surface area (Å²) in [6.07, 6.45) is 0. The van der Waals surface area contributed by atoms with Gasteiger partial charge in [-0.2, -0.15) is 0 Å². The molecule has 0 spiro atoms. The van der Waals surface area contributed by atoms with E-state index >= 15 is 0 Å². The number of halogens is 4. The zero-order valence-electron chi connectivity index (χ0n) is 8.56. The van der Waals surface area contributed by atoms with Crippen LogP contribution in [0.15, 0.2) is 34.2 Å². The molecule has 0 amide bonds. The van der Waals surface area contributed by atoms with Gasteiger partial charge < -0.3 is 0 Å². The second-order valence-corrected chi connectivity index (χ2v) is 6.24. The Morgan fingerprint density at radius 2 is 1.89 bits per heavy atom. The monoisotopic (exact) mass is 327 g/mol. The number of benzene rings is 1. The quantitative estimate of drug-likeness (QED) is 0.641. The van der Waals surface area contributed by atoms with Crippen LogP contribution in [0.2, 0.25) is 5.02 Å². The molecule has 0 saturated heterocycles. The molecule has 4 nitrogen and oxygen atoms in total. The summed E-state index contributed by atoms with van der Waals surface area (Å²) < 4.78 is 13.4. The summed E-state index contributed by atoms with van der Waals surface area (Å²) in [5.74, 6) is 0. The maximum Gasteiger partial charge on any atom is 0.380 e. The summed E-state index contributed by atoms with van der Waals surface area (Å²) in [7, 11) is 0. The predicted molar refractivity (Wildman–Crippen MR) is 70.7 cm³/mol. The summed E-state index contributed by atoms with van der Waals surface area (Å²) in [6, 6.07) is 6.28. The van der Waals surface area contributed by atoms with E-state index in [1.54, 1.807) is 24.3 Å². The van der Waals surface area contributed by atoms with Crippen molar-refractivity contribution in [1.29, 1.82) is 0 Å². The molecule has 0 atom stereocenters. The van der Waals surface area contributed by atoms with Crippen molar-refractivity contribution in [2.75, 3.05) is 0 Å². The van der Waals surface area contributed by atoms with Crippen molar-refractivity contribution in [1.82, 2.24) is 14.6 Å². The molecule has 0 aliphatic rings. The van der Waals surface area contributed by atoms with E-state index in [0.29, 0.717) is 10.7 Å². The summed E-state index contributed by atoms with van der Waals surface area (Å²) in [5.41, 5.74) is -0.515. The van der Waals surface area contributed by atoms with Crippen LogP contribution in [0.1, 0.15) is 0 Å². The number of hydrogen-bond acceptors (Lipinski definition) is 3. The summed E-state index contributed by atoms with van der Waals surface area (Å²) in [6.45, 7) is 0. The van der Waals surface area contributed by atoms with Crippen LogP contribution in [0.3, 0.4) is 0 Å². The molecule has 0 aliphatic carbocycles. The Bertz CT molecular complexity index is 611. The van der Waals surface area contributed by atoms with E-state index in [4.69, 9.17) is 34.8 Å². The van der Waals surface area contributed by atoms with Gasteiger partial charge in [0.2, 0.25) is 5.16 Å². The third-order valence-electron chi connectivity index (χ3n) is 1.99. The molecule has 1 aromatic carbocycles. The smallest absolute Gasteiger partial charge is 0.243 e. The van der Waals surface area contributed by atoms with Crippen LogP contribution in [0.5, 0.6) is 0 Å². The predicted octanol–water partition coefficient (Wildman–Crippen LogP) is 3.27. The van der Waals surface area contributed by atoms with Gasteiger partial charge in [-0.1, -0.05) is 39.3 Å². The minimum absolute atomic E-state index is 0.0554. The first-order chi connectivity index (χ1) is 8.49. The fourth-order valence-electron chi connectivity index (χ4n) is 1.29. The molecule has 1 aromatic heterocycles. The Labute approximate surface area is 120 Å². The third kappa shape index (κ3) is 2.83. The SMILES string of the molecule is O=c1n(F)nc(SC(Cl)Cl)n1-c1ccc(Cl)cc1. The number of hydrogen-bond donors (Lipinski definition) is 0. The van der Waals surface area contributed by atoms with Crippen molar-refractivity contribution in [3.05, 3.63) is 39.8 Å². The van der Waals surface area contributed by atoms with Crippen molar-refractivity contribution in [3.63, 3.8) is 0 Å². The average molecular weight is 329 g/mol. The largest absolute Gasteiger partial charge is 0.380 e. The fourth-order valence-corrected chi connectivity index (χ4v) is 2.47. The fraction of sp³-hybridized carbons (Fsp3) is 0.111. The van der Waals surface area contributed by atoms with Gasteiger partial charge in [0, 0.05) is 5.02 Å². The number of alkyl halides is 2. The molecule has 0 aliphatic heterocycles. The molecule has 0 fully saturated rings. The molecule has 0 radical (unpaired) electrons. The van der Waals surface area contributed by atoms with Gasteiger partial charge in [-0.3, -0.25) is 0 Å². The standard InChI is InChI=1S/C9H5Cl3FN3OS/c10-5-1-3-6(4-2-5)15-8(18-7(11)12)14-16(13)9(15)17/h1-4,7H. The molecule has 0 saturated carbocycles. The molecule has 9 heteroatoms. The zero-order chi connectivity index (χ0) is 13.3. The molecular formula is C9H5Cl3FN3OS. The Balaban J connectivity index is 2.55. The van der Waals surface area contributed by atoms with E-state index in [2.05, 4.69) is 5.10 Å². The van der Waals surface area contributed by atoms with Crippen LogP contribution in [0.4, 0.5) is 4.48 Å². The van der Waals surface area contributed by atoms with Gasteiger partial charge in [-0.15, -0.1) is 5.10 Å². The molecule has 0 unspecified atom stereocenters. The van der Waals surface area contributed by atoms with E-state index in [1.807, 2.05) is 0 Å². The van der Waals surface area contributed by atoms with E-state index < -0.39 is 9.86 Å². The molecule has 1 heterocycles. The van der Waals surface area contributed by atoms with E-state index in [0.717, 1.165) is 16.3 Å². The molecule has 0 N–H and O–H groups in total. The van der Waals surface area contributed by atoms with Crippen molar-refractivity contribution in [3.8, 4) is 5.69 Å². The average Bonchev–Trinajstić information content (AvgIpc) is 2.55. The first-order valence-corrected chi connectivity index (χ1v) is 6.71. The molecule has 18 heavy (non-hydrogen) atoms. The van der Waals surface area contributed by atoms with Crippen molar-refractivity contribution >= 4 is 46.6 Å². The summed E-state index contributed by atoms with van der Waals surface area (Å²) in [5, 5.41) is 3.97. The Morgan fingerprint density at radius 1 is 1.28 bits per heavy atom. The molecule has 2 aromatic rings. The summed E-state index contributed by atoms with van der Waals surface area (Å²) >= 11 is 17.7. The highest BCUT2D eigenvalue weighted by atomic mass is 35.5. The second-order valence-electron chi connectivity index (χ2n) is 3.12. The highest BCUT2D eigenvalue weighted by Gasteiger charge is 2.17. The van der Waals surface area contributed by atoms with Crippen LogP contribution in [-0.4, -0.2) is 18.7 Å². The lowest BCUT2D eigenvalue weighted by atomic mass is 10.3. The van der Waals surface area contributed by atoms with Crippen molar-refractivity contribution in [2.24, 2.45) is 0 Å². The first-order valence-electron chi connectivity index (χ1n) is 4.58. The highest BCUT2D eigenvalue weighted by molar-refractivity contribution is 8.02. The number of nitrogens with zero attached hydrogens (tertiary/aromatic N) is 3. The molecule has 2 rings (SSSR count). The Hall–Kier alpha value is -0.690. The number of thioether (sulfide) groups is 1. The number of aromatic nitrogens is 3. The van der Waals surface area contributed by atoms with Gasteiger partial charge in [0.05, 0.1) is 5.69 Å². The molecular weight excluding hydrogens is 324 g/mol. The molecule has 0 bridgehead atoms. The van der Waals surface area contributed by atoms with Gasteiger partial charge >= 0.3 is 5.69 Å². The first kappa shape index (κ1) is 13.7. The van der Waals surface area contributed by atoms with Gasteiger partial charge in [-0.25, -0.2) is 9.36 Å². The van der Waals surface area contributed by atoms with Gasteiger partial charge in [0.15, 0.2) is 4.17 Å². The van der Waals surface area contributed by atoms with Crippen LogP contribution in [0.25, 0.3) is 5.69 Å². The Kier molecular flexibility index (Phi) is 4.21. The maximum absolute atomic E-state index is 13.2. The third-order valence-corrected chi connectivity index (χ3v) is 3.43. The Morgan fingerprint density at radius 3 is 2.44 bits per heavy atom. The van der Waals surface area contributed by atoms with Gasteiger partial charge in [0.25, 0.3) is 0 Å². The lowest BCUT2D eigenvalue weighted by molar-refractivity contribution is 0.296. The second kappa shape index (κ2) is 5.52. The topological polar surface area (TPSA) is 39.8 Å². The van der Waals surface area contributed by atoms with E-state index in [-0.39, 0.29) is 10.1 Å². The molecule has 96 valence electrons. The van der Waals surface area contributed by atoms with Crippen LogP contribution < -0.4 is 5.69 Å².